The van der Waals surface area contributed by atoms with Crippen molar-refractivity contribution >= 4 is 27.4 Å². The molecule has 0 saturated heterocycles. The first-order chi connectivity index (χ1) is 11.3. The first kappa shape index (κ1) is 14.1. The number of benzene rings is 1. The highest BCUT2D eigenvalue weighted by molar-refractivity contribution is 7.18. The lowest BCUT2D eigenvalue weighted by atomic mass is 10.3. The highest BCUT2D eigenvalue weighted by Crippen LogP contribution is 2.35. The van der Waals surface area contributed by atoms with Gasteiger partial charge < -0.3 is 19.5 Å². The third-order valence-corrected chi connectivity index (χ3v) is 4.42. The predicted molar refractivity (Wildman–Crippen MR) is 88.7 cm³/mol. The molecule has 0 saturated carbocycles. The number of aryl methyl sites for hydroxylation is 1. The number of rotatable bonds is 5. The second-order valence-electron chi connectivity index (χ2n) is 5.09. The maximum Gasteiger partial charge on any atom is 0.231 e. The van der Waals surface area contributed by atoms with E-state index in [-0.39, 0.29) is 6.79 Å². The van der Waals surface area contributed by atoms with E-state index in [1.165, 1.54) is 4.88 Å². The zero-order chi connectivity index (χ0) is 15.6. The summed E-state index contributed by atoms with van der Waals surface area (Å²) >= 11 is 1.67. The smallest absolute Gasteiger partial charge is 0.231 e. The lowest BCUT2D eigenvalue weighted by Gasteiger charge is -2.09. The van der Waals surface area contributed by atoms with E-state index >= 15 is 0 Å². The number of aromatic nitrogens is 2. The van der Waals surface area contributed by atoms with Crippen molar-refractivity contribution in [2.24, 2.45) is 0 Å². The normalized spacial score (nSPS) is 12.6. The number of anilines is 1. The Kier molecular flexibility index (Phi) is 3.63. The van der Waals surface area contributed by atoms with Gasteiger partial charge in [0.2, 0.25) is 6.79 Å². The first-order valence-corrected chi connectivity index (χ1v) is 8.09. The summed E-state index contributed by atoms with van der Waals surface area (Å²) in [7, 11) is 0. The zero-order valence-corrected chi connectivity index (χ0v) is 13.4. The molecule has 0 radical (unpaired) electrons. The molecule has 0 aliphatic carbocycles. The molecule has 0 spiro atoms. The van der Waals surface area contributed by atoms with E-state index in [0.717, 1.165) is 33.3 Å². The average Bonchev–Trinajstić information content (AvgIpc) is 3.16. The van der Waals surface area contributed by atoms with Crippen molar-refractivity contribution in [1.82, 2.24) is 9.97 Å². The van der Waals surface area contributed by atoms with Gasteiger partial charge in [0.25, 0.3) is 0 Å². The molecule has 7 heteroatoms. The number of ether oxygens (including phenoxy) is 3. The molecule has 2 aromatic heterocycles. The van der Waals surface area contributed by atoms with Gasteiger partial charge in [0.1, 0.15) is 29.3 Å². The molecule has 4 rings (SSSR count). The van der Waals surface area contributed by atoms with Gasteiger partial charge in [-0.1, -0.05) is 0 Å². The summed E-state index contributed by atoms with van der Waals surface area (Å²) in [5, 5.41) is 4.35. The van der Waals surface area contributed by atoms with Crippen LogP contribution in [0.3, 0.4) is 0 Å². The van der Waals surface area contributed by atoms with Gasteiger partial charge in [-0.15, -0.1) is 11.3 Å². The first-order valence-electron chi connectivity index (χ1n) is 7.27. The fraction of sp³-hybridized carbons (Fsp3) is 0.250. The van der Waals surface area contributed by atoms with Crippen molar-refractivity contribution in [3.8, 4) is 17.2 Å². The monoisotopic (exact) mass is 329 g/mol. The minimum atomic E-state index is 0.268. The summed E-state index contributed by atoms with van der Waals surface area (Å²) in [6.07, 6.45) is 1.58. The topological polar surface area (TPSA) is 65.5 Å². The Morgan fingerprint density at radius 3 is 3.09 bits per heavy atom. The van der Waals surface area contributed by atoms with Crippen LogP contribution < -0.4 is 19.5 Å². The number of thiophene rings is 1. The molecule has 3 heterocycles. The summed E-state index contributed by atoms with van der Waals surface area (Å²) in [6.45, 7) is 3.51. The second kappa shape index (κ2) is 5.92. The Balaban J connectivity index is 1.36. The van der Waals surface area contributed by atoms with Crippen LogP contribution >= 0.6 is 11.3 Å². The maximum absolute atomic E-state index is 5.73. The van der Waals surface area contributed by atoms with Crippen LogP contribution in [0.2, 0.25) is 0 Å². The summed E-state index contributed by atoms with van der Waals surface area (Å²) in [4.78, 5) is 10.8. The lowest BCUT2D eigenvalue weighted by molar-refractivity contribution is 0.174. The molecule has 0 unspecified atom stereocenters. The van der Waals surface area contributed by atoms with Gasteiger partial charge in [0.05, 0.1) is 11.9 Å². The Morgan fingerprint density at radius 2 is 2.13 bits per heavy atom. The summed E-state index contributed by atoms with van der Waals surface area (Å²) < 4.78 is 16.3. The summed E-state index contributed by atoms with van der Waals surface area (Å²) in [5.41, 5.74) is 0. The quantitative estimate of drug-likeness (QED) is 0.725. The van der Waals surface area contributed by atoms with Crippen molar-refractivity contribution < 1.29 is 14.2 Å². The van der Waals surface area contributed by atoms with E-state index in [2.05, 4.69) is 28.3 Å². The molecule has 23 heavy (non-hydrogen) atoms. The van der Waals surface area contributed by atoms with E-state index in [9.17, 15) is 0 Å². The number of fused-ring (bicyclic) bond motifs is 2. The van der Waals surface area contributed by atoms with Crippen LogP contribution in [0.25, 0.3) is 10.2 Å². The molecule has 118 valence electrons. The van der Waals surface area contributed by atoms with Crippen molar-refractivity contribution in [3.05, 3.63) is 35.5 Å². The van der Waals surface area contributed by atoms with Gasteiger partial charge in [0, 0.05) is 10.9 Å². The van der Waals surface area contributed by atoms with Gasteiger partial charge in [-0.3, -0.25) is 0 Å². The van der Waals surface area contributed by atoms with Gasteiger partial charge in [-0.25, -0.2) is 9.97 Å². The van der Waals surface area contributed by atoms with Crippen molar-refractivity contribution in [3.63, 3.8) is 0 Å². The molecule has 1 aromatic carbocycles. The van der Waals surface area contributed by atoms with Crippen molar-refractivity contribution in [2.45, 2.75) is 6.92 Å². The van der Waals surface area contributed by atoms with E-state index in [1.54, 1.807) is 17.7 Å². The standard InChI is InChI=1S/C16H15N3O3S/c1-10-6-12-15(18-8-19-16(12)23-10)17-4-5-20-11-2-3-13-14(7-11)22-9-21-13/h2-3,6-8H,4-5,9H2,1H3,(H,17,18,19). The Labute approximate surface area is 137 Å². The Morgan fingerprint density at radius 1 is 1.22 bits per heavy atom. The van der Waals surface area contributed by atoms with E-state index in [0.29, 0.717) is 13.2 Å². The van der Waals surface area contributed by atoms with Crippen molar-refractivity contribution in [2.75, 3.05) is 25.3 Å². The van der Waals surface area contributed by atoms with Gasteiger partial charge >= 0.3 is 0 Å². The van der Waals surface area contributed by atoms with E-state index < -0.39 is 0 Å². The molecule has 1 N–H and O–H groups in total. The summed E-state index contributed by atoms with van der Waals surface area (Å²) in [6, 6.07) is 7.67. The highest BCUT2D eigenvalue weighted by Gasteiger charge is 2.13. The molecule has 1 aliphatic heterocycles. The third kappa shape index (κ3) is 2.87. The van der Waals surface area contributed by atoms with Crippen molar-refractivity contribution in [1.29, 1.82) is 0 Å². The van der Waals surface area contributed by atoms with Gasteiger partial charge in [-0.05, 0) is 25.1 Å². The minimum Gasteiger partial charge on any atom is -0.492 e. The van der Waals surface area contributed by atoms with E-state index in [1.807, 2.05) is 18.2 Å². The molecule has 6 nitrogen and oxygen atoms in total. The van der Waals surface area contributed by atoms with Gasteiger partial charge in [-0.2, -0.15) is 0 Å². The molecule has 0 fully saturated rings. The number of hydrogen-bond donors (Lipinski definition) is 1. The van der Waals surface area contributed by atoms with Crippen LogP contribution in [0, 0.1) is 6.92 Å². The van der Waals surface area contributed by atoms with Crippen LogP contribution in [0.15, 0.2) is 30.6 Å². The molecular formula is C16H15N3O3S. The Bertz CT molecular complexity index is 850. The molecular weight excluding hydrogens is 314 g/mol. The third-order valence-electron chi connectivity index (χ3n) is 3.46. The fourth-order valence-electron chi connectivity index (χ4n) is 2.42. The predicted octanol–water partition coefficient (Wildman–Crippen LogP) is 3.22. The maximum atomic E-state index is 5.73. The molecule has 3 aromatic rings. The number of nitrogens with one attached hydrogen (secondary N) is 1. The molecule has 0 bridgehead atoms. The zero-order valence-electron chi connectivity index (χ0n) is 12.5. The summed E-state index contributed by atoms with van der Waals surface area (Å²) in [5.74, 6) is 3.08. The average molecular weight is 329 g/mol. The number of nitrogens with zero attached hydrogens (tertiary/aromatic N) is 2. The second-order valence-corrected chi connectivity index (χ2v) is 6.32. The van der Waals surface area contributed by atoms with Crippen LogP contribution in [-0.4, -0.2) is 29.9 Å². The minimum absolute atomic E-state index is 0.268. The van der Waals surface area contributed by atoms with Crippen LogP contribution in [-0.2, 0) is 0 Å². The SMILES string of the molecule is Cc1cc2c(NCCOc3ccc4c(c3)OCO4)ncnc2s1. The molecule has 0 atom stereocenters. The molecule has 1 aliphatic rings. The largest absolute Gasteiger partial charge is 0.492 e. The fourth-order valence-corrected chi connectivity index (χ4v) is 3.27. The lowest BCUT2D eigenvalue weighted by Crippen LogP contribution is -2.12. The van der Waals surface area contributed by atoms with E-state index in [4.69, 9.17) is 14.2 Å². The van der Waals surface area contributed by atoms with Crippen LogP contribution in [0.5, 0.6) is 17.2 Å². The molecule has 0 amide bonds. The Hall–Kier alpha value is -2.54. The van der Waals surface area contributed by atoms with Crippen LogP contribution in [0.1, 0.15) is 4.88 Å². The highest BCUT2D eigenvalue weighted by atomic mass is 32.1. The van der Waals surface area contributed by atoms with Gasteiger partial charge in [0.15, 0.2) is 11.5 Å². The van der Waals surface area contributed by atoms with Crippen LogP contribution in [0.4, 0.5) is 5.82 Å². The number of hydrogen-bond acceptors (Lipinski definition) is 7.